The number of benzene rings is 2. The number of aromatic hydroxyl groups is 3. The van der Waals surface area contributed by atoms with Crippen molar-refractivity contribution in [2.24, 2.45) is 0 Å². The van der Waals surface area contributed by atoms with E-state index in [1.807, 2.05) is 0 Å². The third-order valence-corrected chi connectivity index (χ3v) is 7.31. The van der Waals surface area contributed by atoms with Gasteiger partial charge in [-0.05, 0) is 24.3 Å². The van der Waals surface area contributed by atoms with Crippen LogP contribution in [0, 0.1) is 0 Å². The van der Waals surface area contributed by atoms with E-state index >= 15 is 0 Å². The molecule has 10 N–H and O–H groups in total. The third-order valence-electron chi connectivity index (χ3n) is 7.31. The smallest absolute Gasteiger partial charge is 0.197 e. The zero-order valence-electron chi connectivity index (χ0n) is 20.6. The number of phenolic OH excluding ortho intramolecular Hbond substituents is 3. The maximum atomic E-state index is 13.4. The summed E-state index contributed by atoms with van der Waals surface area (Å²) in [7, 11) is 0. The molecule has 2 aliphatic rings. The number of ether oxygens (including phenoxy) is 2. The SMILES string of the molecule is O=c1cc(-c2ccc(O)cc2)oc2c([C@@H]3OC(CO)[C@H](O)[C@H](O)C3O)c(O)c([C@H]3OC[C@H](O)[C@@H](O)C3O)c(O)c12. The average Bonchev–Trinajstić information content (AvgIpc) is 2.92. The Kier molecular flexibility index (Phi) is 7.47. The van der Waals surface area contributed by atoms with Crippen LogP contribution in [0.1, 0.15) is 23.3 Å². The lowest BCUT2D eigenvalue weighted by molar-refractivity contribution is -0.231. The highest BCUT2D eigenvalue weighted by Crippen LogP contribution is 2.50. The van der Waals surface area contributed by atoms with Gasteiger partial charge in [0.15, 0.2) is 11.0 Å². The van der Waals surface area contributed by atoms with E-state index in [0.29, 0.717) is 5.56 Å². The van der Waals surface area contributed by atoms with Crippen molar-refractivity contribution in [3.05, 3.63) is 51.7 Å². The molecule has 2 fully saturated rings. The molecule has 2 saturated heterocycles. The van der Waals surface area contributed by atoms with E-state index in [9.17, 15) is 55.9 Å². The molecule has 2 aliphatic heterocycles. The van der Waals surface area contributed by atoms with Crippen molar-refractivity contribution in [2.75, 3.05) is 13.2 Å². The molecule has 0 bridgehead atoms. The summed E-state index contributed by atoms with van der Waals surface area (Å²) >= 11 is 0. The Balaban J connectivity index is 1.81. The van der Waals surface area contributed by atoms with Crippen LogP contribution in [-0.2, 0) is 9.47 Å². The quantitative estimate of drug-likeness (QED) is 0.169. The van der Waals surface area contributed by atoms with Gasteiger partial charge < -0.3 is 65.0 Å². The minimum Gasteiger partial charge on any atom is -0.508 e. The maximum absolute atomic E-state index is 13.4. The highest BCUT2D eigenvalue weighted by atomic mass is 16.5. The van der Waals surface area contributed by atoms with Crippen LogP contribution < -0.4 is 5.43 Å². The van der Waals surface area contributed by atoms with Gasteiger partial charge >= 0.3 is 0 Å². The van der Waals surface area contributed by atoms with Crippen LogP contribution in [0.25, 0.3) is 22.3 Å². The lowest BCUT2D eigenvalue weighted by Gasteiger charge is -2.41. The van der Waals surface area contributed by atoms with Gasteiger partial charge in [0.1, 0.15) is 83.3 Å². The van der Waals surface area contributed by atoms with Gasteiger partial charge in [0.2, 0.25) is 0 Å². The van der Waals surface area contributed by atoms with Gasteiger partial charge in [0.25, 0.3) is 0 Å². The van der Waals surface area contributed by atoms with Gasteiger partial charge in [-0.2, -0.15) is 0 Å². The first-order valence-electron chi connectivity index (χ1n) is 12.3. The Hall–Kier alpha value is -3.31. The van der Waals surface area contributed by atoms with Crippen molar-refractivity contribution in [2.45, 2.75) is 54.9 Å². The second-order valence-electron chi connectivity index (χ2n) is 9.80. The summed E-state index contributed by atoms with van der Waals surface area (Å²) in [5.74, 6) is -2.00. The number of rotatable bonds is 4. The molecular formula is C26H28O14. The molecule has 9 atom stereocenters. The van der Waals surface area contributed by atoms with Gasteiger partial charge in [-0.15, -0.1) is 0 Å². The van der Waals surface area contributed by atoms with Gasteiger partial charge in [0.05, 0.1) is 24.3 Å². The second-order valence-corrected chi connectivity index (χ2v) is 9.80. The van der Waals surface area contributed by atoms with Crippen molar-refractivity contribution in [1.82, 2.24) is 0 Å². The van der Waals surface area contributed by atoms with Crippen LogP contribution in [0.3, 0.4) is 0 Å². The van der Waals surface area contributed by atoms with E-state index in [0.717, 1.165) is 6.07 Å². The number of fused-ring (bicyclic) bond motifs is 1. The molecule has 216 valence electrons. The number of hydrogen-bond donors (Lipinski definition) is 10. The summed E-state index contributed by atoms with van der Waals surface area (Å²) in [6, 6.07) is 6.47. The lowest BCUT2D eigenvalue weighted by Crippen LogP contribution is -2.55. The van der Waals surface area contributed by atoms with Crippen LogP contribution >= 0.6 is 0 Å². The largest absolute Gasteiger partial charge is 0.508 e. The first-order chi connectivity index (χ1) is 19.0. The van der Waals surface area contributed by atoms with Crippen molar-refractivity contribution in [3.63, 3.8) is 0 Å². The van der Waals surface area contributed by atoms with Crippen molar-refractivity contribution < 1.29 is 65.0 Å². The standard InChI is InChI=1S/C26H28O14/c27-6-13-18(32)21(35)23(37)26(40-13)16-20(34)15(25-22(36)17(31)11(30)7-38-25)19(33)14-10(29)5-12(39-24(14)16)8-1-3-9(28)4-2-8/h1-5,11,13,17-18,21-23,25-28,30-37H,6-7H2/t11-,13?,17+,18-,21-,22?,23?,25+,26-/m0/s1. The molecule has 0 spiro atoms. The van der Waals surface area contributed by atoms with E-state index < -0.39 is 107 Å². The lowest BCUT2D eigenvalue weighted by atomic mass is 9.85. The predicted octanol–water partition coefficient (Wildman–Crippen LogP) is -1.75. The number of phenols is 3. The molecule has 5 rings (SSSR count). The zero-order valence-corrected chi connectivity index (χ0v) is 20.6. The molecule has 0 aliphatic carbocycles. The minimum absolute atomic E-state index is 0.0767. The van der Waals surface area contributed by atoms with Crippen LogP contribution in [0.5, 0.6) is 17.2 Å². The van der Waals surface area contributed by atoms with E-state index in [1.54, 1.807) is 0 Å². The van der Waals surface area contributed by atoms with Gasteiger partial charge in [-0.1, -0.05) is 0 Å². The Morgan fingerprint density at radius 1 is 0.775 bits per heavy atom. The second kappa shape index (κ2) is 10.6. The predicted molar refractivity (Wildman–Crippen MR) is 132 cm³/mol. The van der Waals surface area contributed by atoms with E-state index in [-0.39, 0.29) is 11.5 Å². The number of hydrogen-bond acceptors (Lipinski definition) is 14. The molecule has 0 amide bonds. The molecule has 3 heterocycles. The Labute approximate surface area is 224 Å². The normalized spacial score (nSPS) is 32.8. The summed E-state index contributed by atoms with van der Waals surface area (Å²) in [4.78, 5) is 13.4. The maximum Gasteiger partial charge on any atom is 0.197 e. The van der Waals surface area contributed by atoms with Crippen molar-refractivity contribution in [1.29, 1.82) is 0 Å². The molecule has 40 heavy (non-hydrogen) atoms. The Morgan fingerprint density at radius 2 is 1.43 bits per heavy atom. The molecule has 3 unspecified atom stereocenters. The summed E-state index contributed by atoms with van der Waals surface area (Å²) in [5, 5.41) is 104. The van der Waals surface area contributed by atoms with Crippen molar-refractivity contribution in [3.8, 4) is 28.6 Å². The number of aliphatic hydroxyl groups is 7. The molecule has 14 heteroatoms. The molecule has 1 aromatic heterocycles. The van der Waals surface area contributed by atoms with Crippen LogP contribution in [0.2, 0.25) is 0 Å². The molecular weight excluding hydrogens is 536 g/mol. The van der Waals surface area contributed by atoms with Crippen LogP contribution in [-0.4, -0.2) is 107 Å². The zero-order chi connectivity index (χ0) is 29.0. The van der Waals surface area contributed by atoms with Crippen LogP contribution in [0.4, 0.5) is 0 Å². The van der Waals surface area contributed by atoms with E-state index in [4.69, 9.17) is 13.9 Å². The Morgan fingerprint density at radius 3 is 2.08 bits per heavy atom. The molecule has 0 saturated carbocycles. The first kappa shape index (κ1) is 28.2. The summed E-state index contributed by atoms with van der Waals surface area (Å²) in [6.07, 6.45) is -15.7. The summed E-state index contributed by atoms with van der Waals surface area (Å²) in [5.41, 5.74) is -2.19. The molecule has 2 aromatic carbocycles. The molecule has 14 nitrogen and oxygen atoms in total. The summed E-state index contributed by atoms with van der Waals surface area (Å²) in [6.45, 7) is -1.34. The molecule has 3 aromatic rings. The summed E-state index contributed by atoms with van der Waals surface area (Å²) < 4.78 is 16.9. The van der Waals surface area contributed by atoms with Gasteiger partial charge in [-0.3, -0.25) is 4.79 Å². The van der Waals surface area contributed by atoms with Crippen LogP contribution in [0.15, 0.2) is 39.5 Å². The van der Waals surface area contributed by atoms with E-state index in [1.165, 1.54) is 24.3 Å². The van der Waals surface area contributed by atoms with Gasteiger partial charge in [-0.25, -0.2) is 0 Å². The van der Waals surface area contributed by atoms with Crippen molar-refractivity contribution >= 4 is 11.0 Å². The first-order valence-corrected chi connectivity index (χ1v) is 12.3. The number of aliphatic hydroxyl groups excluding tert-OH is 7. The average molecular weight is 564 g/mol. The van der Waals surface area contributed by atoms with Gasteiger partial charge in [0, 0.05) is 11.6 Å². The molecule has 0 radical (unpaired) electrons. The fourth-order valence-electron chi connectivity index (χ4n) is 5.11. The minimum atomic E-state index is -1.96. The topological polar surface area (TPSA) is 251 Å². The van der Waals surface area contributed by atoms with E-state index in [2.05, 4.69) is 0 Å². The third kappa shape index (κ3) is 4.49. The highest BCUT2D eigenvalue weighted by Gasteiger charge is 2.48. The fourth-order valence-corrected chi connectivity index (χ4v) is 5.11. The fraction of sp³-hybridized carbons (Fsp3) is 0.423. The highest BCUT2D eigenvalue weighted by molar-refractivity contribution is 5.92. The monoisotopic (exact) mass is 564 g/mol. The Bertz CT molecular complexity index is 1450.